The third-order valence-electron chi connectivity index (χ3n) is 3.74. The first-order valence-corrected chi connectivity index (χ1v) is 9.30. The van der Waals surface area contributed by atoms with Crippen LogP contribution in [0.5, 0.6) is 0 Å². The van der Waals surface area contributed by atoms with Crippen molar-refractivity contribution in [2.45, 2.75) is 25.7 Å². The van der Waals surface area contributed by atoms with Crippen LogP contribution in [-0.4, -0.2) is 16.6 Å². The van der Waals surface area contributed by atoms with Crippen LogP contribution < -0.4 is 5.32 Å². The van der Waals surface area contributed by atoms with E-state index < -0.39 is 0 Å². The number of carbonyl (C=O) groups is 1. The summed E-state index contributed by atoms with van der Waals surface area (Å²) in [5.74, 6) is 0.833. The molecule has 0 aliphatic carbocycles. The first-order chi connectivity index (χ1) is 11.1. The van der Waals surface area contributed by atoms with Crippen molar-refractivity contribution in [3.63, 3.8) is 0 Å². The van der Waals surface area contributed by atoms with Gasteiger partial charge in [0.05, 0.1) is 15.8 Å². The zero-order valence-corrected chi connectivity index (χ0v) is 15.0. The number of nitrogens with zero attached hydrogens (tertiary/aromatic N) is 1. The first-order valence-electron chi connectivity index (χ1n) is 7.50. The smallest absolute Gasteiger partial charge is 0.258 e. The highest BCUT2D eigenvalue weighted by Gasteiger charge is 2.14. The van der Waals surface area contributed by atoms with Crippen molar-refractivity contribution >= 4 is 44.4 Å². The summed E-state index contributed by atoms with van der Waals surface area (Å²) in [6.45, 7) is 6.22. The van der Waals surface area contributed by atoms with E-state index in [1.54, 1.807) is 11.8 Å². The van der Waals surface area contributed by atoms with E-state index in [1.807, 2.05) is 24.3 Å². The molecule has 0 aliphatic heterocycles. The predicted octanol–water partition coefficient (Wildman–Crippen LogP) is 5.28. The molecule has 0 unspecified atom stereocenters. The third kappa shape index (κ3) is 3.26. The van der Waals surface area contributed by atoms with Gasteiger partial charge in [0.25, 0.3) is 5.91 Å². The quantitative estimate of drug-likeness (QED) is 0.656. The second-order valence-corrected chi connectivity index (χ2v) is 7.59. The lowest BCUT2D eigenvalue weighted by Crippen LogP contribution is -2.12. The first kappa shape index (κ1) is 16.0. The van der Waals surface area contributed by atoms with Crippen molar-refractivity contribution in [3.8, 4) is 0 Å². The number of thioether (sulfide) groups is 1. The molecule has 1 amide bonds. The lowest BCUT2D eigenvalue weighted by molar-refractivity contribution is 0.102. The van der Waals surface area contributed by atoms with Gasteiger partial charge < -0.3 is 0 Å². The van der Waals surface area contributed by atoms with Crippen molar-refractivity contribution < 1.29 is 4.79 Å². The molecule has 1 aromatic heterocycles. The fourth-order valence-electron chi connectivity index (χ4n) is 2.38. The minimum Gasteiger partial charge on any atom is -0.298 e. The summed E-state index contributed by atoms with van der Waals surface area (Å²) in [7, 11) is 0. The number of thiazole rings is 1. The number of amides is 1. The van der Waals surface area contributed by atoms with Gasteiger partial charge in [0.15, 0.2) is 5.13 Å². The van der Waals surface area contributed by atoms with E-state index in [9.17, 15) is 4.79 Å². The molecule has 3 aromatic rings. The summed E-state index contributed by atoms with van der Waals surface area (Å²) in [4.78, 5) is 18.2. The molecule has 23 heavy (non-hydrogen) atoms. The molecular weight excluding hydrogens is 324 g/mol. The molecule has 3 nitrogen and oxygen atoms in total. The molecule has 3 rings (SSSR count). The molecule has 0 atom stereocenters. The Morgan fingerprint density at radius 3 is 2.78 bits per heavy atom. The number of rotatable bonds is 4. The van der Waals surface area contributed by atoms with Crippen molar-refractivity contribution in [1.82, 2.24) is 4.98 Å². The van der Waals surface area contributed by atoms with Gasteiger partial charge in [-0.25, -0.2) is 4.98 Å². The number of anilines is 1. The van der Waals surface area contributed by atoms with Crippen molar-refractivity contribution in [2.24, 2.45) is 0 Å². The monoisotopic (exact) mass is 342 g/mol. The van der Waals surface area contributed by atoms with Gasteiger partial charge in [0.2, 0.25) is 0 Å². The van der Waals surface area contributed by atoms with Crippen molar-refractivity contribution in [1.29, 1.82) is 0 Å². The Bertz CT molecular complexity index is 871. The van der Waals surface area contributed by atoms with Gasteiger partial charge in [-0.1, -0.05) is 36.5 Å². The molecular formula is C18H18N2OS2. The fourth-order valence-corrected chi connectivity index (χ4v) is 4.10. The van der Waals surface area contributed by atoms with Crippen LogP contribution in [0.4, 0.5) is 5.13 Å². The van der Waals surface area contributed by atoms with E-state index in [0.717, 1.165) is 20.9 Å². The zero-order chi connectivity index (χ0) is 16.4. The number of carbonyl (C=O) groups excluding carboxylic acids is 1. The van der Waals surface area contributed by atoms with Gasteiger partial charge in [0.1, 0.15) is 0 Å². The Balaban J connectivity index is 1.90. The average Bonchev–Trinajstić information content (AvgIpc) is 2.95. The number of hydrogen-bond acceptors (Lipinski definition) is 4. The maximum absolute atomic E-state index is 12.6. The Kier molecular flexibility index (Phi) is 4.68. The second-order valence-electron chi connectivity index (χ2n) is 5.26. The molecule has 2 aromatic carbocycles. The summed E-state index contributed by atoms with van der Waals surface area (Å²) in [5, 5.41) is 3.60. The van der Waals surface area contributed by atoms with Crippen LogP contribution >= 0.6 is 23.1 Å². The number of aryl methyl sites for hydroxylation is 2. The summed E-state index contributed by atoms with van der Waals surface area (Å²) >= 11 is 3.18. The highest BCUT2D eigenvalue weighted by Crippen LogP contribution is 2.30. The van der Waals surface area contributed by atoms with Crippen LogP contribution in [0.2, 0.25) is 0 Å². The topological polar surface area (TPSA) is 42.0 Å². The normalized spacial score (nSPS) is 10.9. The lowest BCUT2D eigenvalue weighted by atomic mass is 10.1. The van der Waals surface area contributed by atoms with E-state index >= 15 is 0 Å². The standard InChI is InChI=1S/C18H18N2OS2/c1-4-22-14-8-6-5-7-13(14)17(21)20-18-19-16-12(3)11(2)9-10-15(16)23-18/h5-10H,4H2,1-3H3,(H,19,20,21). The van der Waals surface area contributed by atoms with Crippen molar-refractivity contribution in [3.05, 3.63) is 53.1 Å². The van der Waals surface area contributed by atoms with Gasteiger partial charge in [0, 0.05) is 4.90 Å². The van der Waals surface area contributed by atoms with Gasteiger partial charge in [-0.15, -0.1) is 11.8 Å². The Labute approximate surface area is 144 Å². The van der Waals surface area contributed by atoms with E-state index in [1.165, 1.54) is 22.5 Å². The number of benzene rings is 2. The Morgan fingerprint density at radius 2 is 2.00 bits per heavy atom. The molecule has 0 saturated heterocycles. The van der Waals surface area contributed by atoms with E-state index in [4.69, 9.17) is 0 Å². The minimum absolute atomic E-state index is 0.102. The third-order valence-corrected chi connectivity index (χ3v) is 5.63. The lowest BCUT2D eigenvalue weighted by Gasteiger charge is -2.07. The van der Waals surface area contributed by atoms with Crippen molar-refractivity contribution in [2.75, 3.05) is 11.1 Å². The summed E-state index contributed by atoms with van der Waals surface area (Å²) in [6, 6.07) is 11.8. The number of hydrogen-bond donors (Lipinski definition) is 1. The molecule has 5 heteroatoms. The SMILES string of the molecule is CCSc1ccccc1C(=O)Nc1nc2c(C)c(C)ccc2s1. The molecule has 0 fully saturated rings. The highest BCUT2D eigenvalue weighted by atomic mass is 32.2. The molecule has 0 bridgehead atoms. The number of fused-ring (bicyclic) bond motifs is 1. The Hall–Kier alpha value is -1.85. The second kappa shape index (κ2) is 6.72. The summed E-state index contributed by atoms with van der Waals surface area (Å²) in [6.07, 6.45) is 0. The largest absolute Gasteiger partial charge is 0.298 e. The van der Waals surface area contributed by atoms with Crippen LogP contribution in [0.1, 0.15) is 28.4 Å². The van der Waals surface area contributed by atoms with Gasteiger partial charge in [-0.2, -0.15) is 0 Å². The maximum atomic E-state index is 12.6. The van der Waals surface area contributed by atoms with Crippen LogP contribution in [0.15, 0.2) is 41.3 Å². The zero-order valence-electron chi connectivity index (χ0n) is 13.3. The molecule has 0 saturated carbocycles. The average molecular weight is 342 g/mol. The Morgan fingerprint density at radius 1 is 1.22 bits per heavy atom. The van der Waals surface area contributed by atoms with Crippen LogP contribution in [0.25, 0.3) is 10.2 Å². The molecule has 118 valence electrons. The fraction of sp³-hybridized carbons (Fsp3) is 0.222. The number of aromatic nitrogens is 1. The summed E-state index contributed by atoms with van der Waals surface area (Å²) < 4.78 is 1.10. The maximum Gasteiger partial charge on any atom is 0.258 e. The molecule has 1 N–H and O–H groups in total. The van der Waals surface area contributed by atoms with Gasteiger partial charge >= 0.3 is 0 Å². The summed E-state index contributed by atoms with van der Waals surface area (Å²) in [5.41, 5.74) is 4.06. The van der Waals surface area contributed by atoms with Gasteiger partial charge in [-0.3, -0.25) is 10.1 Å². The van der Waals surface area contributed by atoms with E-state index in [0.29, 0.717) is 10.7 Å². The van der Waals surface area contributed by atoms with E-state index in [2.05, 4.69) is 43.2 Å². The number of nitrogens with one attached hydrogen (secondary N) is 1. The molecule has 1 heterocycles. The van der Waals surface area contributed by atoms with Crippen LogP contribution in [0, 0.1) is 13.8 Å². The van der Waals surface area contributed by atoms with Crippen LogP contribution in [0.3, 0.4) is 0 Å². The van der Waals surface area contributed by atoms with E-state index in [-0.39, 0.29) is 5.91 Å². The molecule has 0 aliphatic rings. The predicted molar refractivity (Wildman–Crippen MR) is 99.9 cm³/mol. The van der Waals surface area contributed by atoms with Gasteiger partial charge in [-0.05, 0) is 48.9 Å². The molecule has 0 spiro atoms. The molecule has 0 radical (unpaired) electrons. The minimum atomic E-state index is -0.102. The van der Waals surface area contributed by atoms with Crippen LogP contribution in [-0.2, 0) is 0 Å². The highest BCUT2D eigenvalue weighted by molar-refractivity contribution is 7.99.